The van der Waals surface area contributed by atoms with Gasteiger partial charge in [-0.2, -0.15) is 0 Å². The average molecular weight is 291 g/mol. The molecule has 0 aliphatic heterocycles. The van der Waals surface area contributed by atoms with Crippen molar-refractivity contribution in [2.45, 2.75) is 25.9 Å². The average Bonchev–Trinajstić information content (AvgIpc) is 2.97. The highest BCUT2D eigenvalue weighted by atomic mass is 19.1. The molecule has 0 spiro atoms. The Morgan fingerprint density at radius 2 is 2.24 bits per heavy atom. The summed E-state index contributed by atoms with van der Waals surface area (Å²) in [4.78, 5) is 6.41. The molecular formula is C16H22FN3O. The number of hydrogen-bond donors (Lipinski definition) is 1. The maximum atomic E-state index is 13.0. The Labute approximate surface area is 125 Å². The quantitative estimate of drug-likeness (QED) is 0.812. The predicted molar refractivity (Wildman–Crippen MR) is 80.3 cm³/mol. The first-order valence-electron chi connectivity index (χ1n) is 7.23. The molecule has 0 radical (unpaired) electrons. The molecule has 0 saturated heterocycles. The molecule has 4 nitrogen and oxygen atoms in total. The van der Waals surface area contributed by atoms with Crippen LogP contribution in [0.1, 0.15) is 30.6 Å². The Balaban J connectivity index is 1.88. The van der Waals surface area contributed by atoms with Crippen molar-refractivity contribution in [1.29, 1.82) is 0 Å². The van der Waals surface area contributed by atoms with Gasteiger partial charge in [-0.1, -0.05) is 6.92 Å². The SMILES string of the molecule is CCNC(CCN(C)Cc1ccoc1)c1ccc(F)cn1. The molecule has 1 atom stereocenters. The second kappa shape index (κ2) is 7.90. The van der Waals surface area contributed by atoms with Crippen molar-refractivity contribution in [3.8, 4) is 0 Å². The molecule has 5 heteroatoms. The van der Waals surface area contributed by atoms with Crippen LogP contribution in [0.2, 0.25) is 0 Å². The van der Waals surface area contributed by atoms with Crippen LogP contribution in [0.4, 0.5) is 4.39 Å². The minimum Gasteiger partial charge on any atom is -0.472 e. The molecule has 0 aliphatic carbocycles. The van der Waals surface area contributed by atoms with E-state index in [0.29, 0.717) is 0 Å². The van der Waals surface area contributed by atoms with Crippen LogP contribution in [0.25, 0.3) is 0 Å². The summed E-state index contributed by atoms with van der Waals surface area (Å²) in [5, 5.41) is 3.40. The zero-order valence-corrected chi connectivity index (χ0v) is 12.6. The minimum atomic E-state index is -0.300. The molecule has 0 bridgehead atoms. The summed E-state index contributed by atoms with van der Waals surface area (Å²) < 4.78 is 18.0. The van der Waals surface area contributed by atoms with Crippen LogP contribution in [-0.4, -0.2) is 30.0 Å². The third kappa shape index (κ3) is 4.95. The Hall–Kier alpha value is -1.72. The molecule has 114 valence electrons. The summed E-state index contributed by atoms with van der Waals surface area (Å²) in [6.45, 7) is 4.69. The van der Waals surface area contributed by atoms with Gasteiger partial charge in [0, 0.05) is 18.7 Å². The van der Waals surface area contributed by atoms with E-state index in [1.807, 2.05) is 6.07 Å². The normalized spacial score (nSPS) is 12.8. The number of hydrogen-bond acceptors (Lipinski definition) is 4. The van der Waals surface area contributed by atoms with Crippen LogP contribution in [-0.2, 0) is 6.54 Å². The monoisotopic (exact) mass is 291 g/mol. The fourth-order valence-corrected chi connectivity index (χ4v) is 2.32. The summed E-state index contributed by atoms with van der Waals surface area (Å²) in [5.41, 5.74) is 2.05. The Kier molecular flexibility index (Phi) is 5.90. The molecule has 2 rings (SSSR count). The van der Waals surface area contributed by atoms with Crippen molar-refractivity contribution in [2.24, 2.45) is 0 Å². The van der Waals surface area contributed by atoms with E-state index < -0.39 is 0 Å². The molecule has 2 aromatic heterocycles. The first kappa shape index (κ1) is 15.7. The number of halogens is 1. The van der Waals surface area contributed by atoms with E-state index in [1.54, 1.807) is 18.6 Å². The second-order valence-corrected chi connectivity index (χ2v) is 5.17. The van der Waals surface area contributed by atoms with Crippen molar-refractivity contribution in [1.82, 2.24) is 15.2 Å². The van der Waals surface area contributed by atoms with Crippen molar-refractivity contribution >= 4 is 0 Å². The van der Waals surface area contributed by atoms with Gasteiger partial charge < -0.3 is 14.6 Å². The number of pyridine rings is 1. The van der Waals surface area contributed by atoms with E-state index >= 15 is 0 Å². The van der Waals surface area contributed by atoms with Gasteiger partial charge in [0.2, 0.25) is 0 Å². The molecule has 1 unspecified atom stereocenters. The van der Waals surface area contributed by atoms with Gasteiger partial charge in [-0.3, -0.25) is 4.98 Å². The zero-order valence-electron chi connectivity index (χ0n) is 12.6. The number of nitrogens with one attached hydrogen (secondary N) is 1. The third-order valence-electron chi connectivity index (χ3n) is 3.39. The van der Waals surface area contributed by atoms with E-state index in [0.717, 1.165) is 37.3 Å². The van der Waals surface area contributed by atoms with Crippen LogP contribution in [0.5, 0.6) is 0 Å². The van der Waals surface area contributed by atoms with Gasteiger partial charge in [0.15, 0.2) is 0 Å². The fraction of sp³-hybridized carbons (Fsp3) is 0.438. The number of aromatic nitrogens is 1. The van der Waals surface area contributed by atoms with Crippen LogP contribution in [0.15, 0.2) is 41.3 Å². The first-order chi connectivity index (χ1) is 10.2. The molecule has 2 aromatic rings. The Morgan fingerprint density at radius 3 is 2.86 bits per heavy atom. The summed E-state index contributed by atoms with van der Waals surface area (Å²) >= 11 is 0. The lowest BCUT2D eigenvalue weighted by atomic mass is 10.1. The number of rotatable bonds is 8. The smallest absolute Gasteiger partial charge is 0.141 e. The molecule has 1 N–H and O–H groups in total. The van der Waals surface area contributed by atoms with Crippen molar-refractivity contribution in [2.75, 3.05) is 20.1 Å². The van der Waals surface area contributed by atoms with Crippen molar-refractivity contribution in [3.05, 3.63) is 54.0 Å². The lowest BCUT2D eigenvalue weighted by Gasteiger charge is -2.21. The number of furan rings is 1. The van der Waals surface area contributed by atoms with Crippen LogP contribution in [0, 0.1) is 5.82 Å². The predicted octanol–water partition coefficient (Wildman–Crippen LogP) is 2.99. The fourth-order valence-electron chi connectivity index (χ4n) is 2.32. The molecule has 0 aromatic carbocycles. The lowest BCUT2D eigenvalue weighted by molar-refractivity contribution is 0.299. The number of nitrogens with zero attached hydrogens (tertiary/aromatic N) is 2. The molecule has 0 fully saturated rings. The Morgan fingerprint density at radius 1 is 1.38 bits per heavy atom. The molecule has 0 amide bonds. The summed E-state index contributed by atoms with van der Waals surface area (Å²) in [5.74, 6) is -0.300. The highest BCUT2D eigenvalue weighted by Crippen LogP contribution is 2.15. The molecule has 0 saturated carbocycles. The van der Waals surface area contributed by atoms with E-state index in [-0.39, 0.29) is 11.9 Å². The van der Waals surface area contributed by atoms with Crippen LogP contribution >= 0.6 is 0 Å². The van der Waals surface area contributed by atoms with Gasteiger partial charge in [-0.25, -0.2) is 4.39 Å². The maximum absolute atomic E-state index is 13.0. The first-order valence-corrected chi connectivity index (χ1v) is 7.23. The van der Waals surface area contributed by atoms with Crippen LogP contribution < -0.4 is 5.32 Å². The highest BCUT2D eigenvalue weighted by molar-refractivity contribution is 5.10. The maximum Gasteiger partial charge on any atom is 0.141 e. The van der Waals surface area contributed by atoms with E-state index in [2.05, 4.69) is 29.2 Å². The largest absolute Gasteiger partial charge is 0.472 e. The Bertz CT molecular complexity index is 513. The molecular weight excluding hydrogens is 269 g/mol. The van der Waals surface area contributed by atoms with Gasteiger partial charge >= 0.3 is 0 Å². The highest BCUT2D eigenvalue weighted by Gasteiger charge is 2.13. The van der Waals surface area contributed by atoms with Crippen molar-refractivity contribution < 1.29 is 8.81 Å². The van der Waals surface area contributed by atoms with E-state index in [9.17, 15) is 4.39 Å². The standard InChI is InChI=1S/C16H22FN3O/c1-3-18-16(15-5-4-14(17)10-19-15)6-8-20(2)11-13-7-9-21-12-13/h4-5,7,9-10,12,16,18H,3,6,8,11H2,1-2H3. The summed E-state index contributed by atoms with van der Waals surface area (Å²) in [7, 11) is 2.08. The van der Waals surface area contributed by atoms with E-state index in [4.69, 9.17) is 4.42 Å². The minimum absolute atomic E-state index is 0.141. The van der Waals surface area contributed by atoms with E-state index in [1.165, 1.54) is 12.3 Å². The summed E-state index contributed by atoms with van der Waals surface area (Å²) in [6.07, 6.45) is 5.64. The summed E-state index contributed by atoms with van der Waals surface area (Å²) in [6, 6.07) is 5.32. The molecule has 21 heavy (non-hydrogen) atoms. The molecule has 2 heterocycles. The van der Waals surface area contributed by atoms with Gasteiger partial charge in [0.1, 0.15) is 5.82 Å². The third-order valence-corrected chi connectivity index (χ3v) is 3.39. The second-order valence-electron chi connectivity index (χ2n) is 5.17. The van der Waals surface area contributed by atoms with Crippen molar-refractivity contribution in [3.63, 3.8) is 0 Å². The van der Waals surface area contributed by atoms with Gasteiger partial charge in [-0.05, 0) is 38.2 Å². The lowest BCUT2D eigenvalue weighted by Crippen LogP contribution is -2.27. The molecule has 0 aliphatic rings. The van der Waals surface area contributed by atoms with Gasteiger partial charge in [-0.15, -0.1) is 0 Å². The van der Waals surface area contributed by atoms with Gasteiger partial charge in [0.05, 0.1) is 30.5 Å². The zero-order chi connectivity index (χ0) is 15.1. The topological polar surface area (TPSA) is 41.3 Å². The van der Waals surface area contributed by atoms with Crippen LogP contribution in [0.3, 0.4) is 0 Å². The van der Waals surface area contributed by atoms with Gasteiger partial charge in [0.25, 0.3) is 0 Å².